The van der Waals surface area contributed by atoms with Gasteiger partial charge in [0.05, 0.1) is 15.1 Å². The van der Waals surface area contributed by atoms with E-state index in [1.54, 1.807) is 24.0 Å². The molecule has 0 aliphatic carbocycles. The molecule has 0 amide bonds. The standard InChI is InChI=1S/C14H10BrClN4OS/c1-2-22-14-17-7-9(15)11(18-14)13-20-19-12(21-13)8-5-3-4-6-10(8)16/h3-7H,2H2,1H3. The molecule has 0 atom stereocenters. The fraction of sp³-hybridized carbons (Fsp3) is 0.143. The fourth-order valence-electron chi connectivity index (χ4n) is 1.76. The molecule has 3 aromatic rings. The zero-order valence-electron chi connectivity index (χ0n) is 11.5. The average molecular weight is 398 g/mol. The summed E-state index contributed by atoms with van der Waals surface area (Å²) in [5, 5.41) is 9.33. The molecule has 0 N–H and O–H groups in total. The Labute approximate surface area is 144 Å². The highest BCUT2D eigenvalue weighted by atomic mass is 79.9. The molecular formula is C14H10BrClN4OS. The van der Waals surface area contributed by atoms with E-state index in [1.165, 1.54) is 0 Å². The first-order valence-corrected chi connectivity index (χ1v) is 8.58. The van der Waals surface area contributed by atoms with Gasteiger partial charge in [-0.25, -0.2) is 9.97 Å². The number of benzene rings is 1. The minimum absolute atomic E-state index is 0.321. The van der Waals surface area contributed by atoms with E-state index < -0.39 is 0 Å². The molecule has 0 unspecified atom stereocenters. The lowest BCUT2D eigenvalue weighted by Gasteiger charge is -2.01. The number of halogens is 2. The molecule has 0 spiro atoms. The van der Waals surface area contributed by atoms with Crippen LogP contribution in [-0.4, -0.2) is 25.9 Å². The van der Waals surface area contributed by atoms with Crippen LogP contribution in [0.25, 0.3) is 23.0 Å². The Morgan fingerprint density at radius 3 is 2.77 bits per heavy atom. The Balaban J connectivity index is 2.01. The van der Waals surface area contributed by atoms with Crippen molar-refractivity contribution in [3.8, 4) is 23.0 Å². The van der Waals surface area contributed by atoms with Gasteiger partial charge < -0.3 is 4.42 Å². The van der Waals surface area contributed by atoms with Crippen molar-refractivity contribution < 1.29 is 4.42 Å². The molecule has 112 valence electrons. The van der Waals surface area contributed by atoms with Crippen LogP contribution < -0.4 is 0 Å². The SMILES string of the molecule is CCSc1ncc(Br)c(-c2nnc(-c3ccccc3Cl)o2)n1. The molecule has 2 aromatic heterocycles. The lowest BCUT2D eigenvalue weighted by molar-refractivity contribution is 0.580. The minimum atomic E-state index is 0.321. The van der Waals surface area contributed by atoms with Gasteiger partial charge in [0.15, 0.2) is 5.16 Å². The molecule has 22 heavy (non-hydrogen) atoms. The van der Waals surface area contributed by atoms with E-state index in [0.29, 0.717) is 37.7 Å². The summed E-state index contributed by atoms with van der Waals surface area (Å²) in [6.45, 7) is 2.04. The second-order valence-corrected chi connectivity index (χ2v) is 6.67. The van der Waals surface area contributed by atoms with E-state index in [2.05, 4.69) is 36.1 Å². The molecule has 2 heterocycles. The molecule has 0 radical (unpaired) electrons. The van der Waals surface area contributed by atoms with Crippen LogP contribution >= 0.6 is 39.3 Å². The van der Waals surface area contributed by atoms with E-state index in [0.717, 1.165) is 5.75 Å². The summed E-state index contributed by atoms with van der Waals surface area (Å²) in [6, 6.07) is 7.31. The minimum Gasteiger partial charge on any atom is -0.414 e. The summed E-state index contributed by atoms with van der Waals surface area (Å²) in [5.74, 6) is 1.56. The number of nitrogens with zero attached hydrogens (tertiary/aromatic N) is 4. The first-order valence-electron chi connectivity index (χ1n) is 6.43. The van der Waals surface area contributed by atoms with Crippen molar-refractivity contribution in [1.82, 2.24) is 20.2 Å². The lowest BCUT2D eigenvalue weighted by Crippen LogP contribution is -1.92. The maximum absolute atomic E-state index is 6.15. The highest BCUT2D eigenvalue weighted by molar-refractivity contribution is 9.10. The van der Waals surface area contributed by atoms with E-state index in [1.807, 2.05) is 25.1 Å². The highest BCUT2D eigenvalue weighted by Gasteiger charge is 2.17. The Morgan fingerprint density at radius 2 is 2.00 bits per heavy atom. The topological polar surface area (TPSA) is 64.7 Å². The van der Waals surface area contributed by atoms with Crippen LogP contribution in [0.4, 0.5) is 0 Å². The smallest absolute Gasteiger partial charge is 0.267 e. The van der Waals surface area contributed by atoms with Gasteiger partial charge in [-0.1, -0.05) is 42.4 Å². The van der Waals surface area contributed by atoms with Crippen LogP contribution in [0.5, 0.6) is 0 Å². The zero-order chi connectivity index (χ0) is 15.5. The van der Waals surface area contributed by atoms with Gasteiger partial charge in [0.1, 0.15) is 5.69 Å². The second-order valence-electron chi connectivity index (χ2n) is 4.17. The molecule has 5 nitrogen and oxygen atoms in total. The summed E-state index contributed by atoms with van der Waals surface area (Å²) >= 11 is 11.1. The van der Waals surface area contributed by atoms with Crippen molar-refractivity contribution in [2.75, 3.05) is 5.75 Å². The van der Waals surface area contributed by atoms with Gasteiger partial charge >= 0.3 is 0 Å². The van der Waals surface area contributed by atoms with Crippen molar-refractivity contribution in [2.24, 2.45) is 0 Å². The summed E-state index contributed by atoms with van der Waals surface area (Å²) < 4.78 is 6.41. The molecule has 0 saturated carbocycles. The number of hydrogen-bond donors (Lipinski definition) is 0. The van der Waals surface area contributed by atoms with Crippen LogP contribution in [-0.2, 0) is 0 Å². The van der Waals surface area contributed by atoms with Crippen LogP contribution in [0.1, 0.15) is 6.92 Å². The lowest BCUT2D eigenvalue weighted by atomic mass is 10.2. The normalized spacial score (nSPS) is 10.9. The predicted octanol–water partition coefficient (Wildman–Crippen LogP) is 4.72. The summed E-state index contributed by atoms with van der Waals surface area (Å²) in [5.41, 5.74) is 1.26. The van der Waals surface area contributed by atoms with Gasteiger partial charge in [-0.15, -0.1) is 10.2 Å². The van der Waals surface area contributed by atoms with Crippen LogP contribution in [0.15, 0.2) is 44.5 Å². The Kier molecular flexibility index (Phi) is 4.75. The Morgan fingerprint density at radius 1 is 1.23 bits per heavy atom. The number of rotatable bonds is 4. The molecule has 3 rings (SSSR count). The van der Waals surface area contributed by atoms with Gasteiger partial charge in [0.2, 0.25) is 5.89 Å². The van der Waals surface area contributed by atoms with E-state index in [-0.39, 0.29) is 0 Å². The van der Waals surface area contributed by atoms with Crippen LogP contribution in [0, 0.1) is 0 Å². The third-order valence-electron chi connectivity index (χ3n) is 2.73. The first kappa shape index (κ1) is 15.5. The third kappa shape index (κ3) is 3.16. The largest absolute Gasteiger partial charge is 0.414 e. The predicted molar refractivity (Wildman–Crippen MR) is 89.9 cm³/mol. The van der Waals surface area contributed by atoms with Gasteiger partial charge in [0, 0.05) is 6.20 Å². The maximum Gasteiger partial charge on any atom is 0.267 e. The van der Waals surface area contributed by atoms with Crippen molar-refractivity contribution >= 4 is 39.3 Å². The summed E-state index contributed by atoms with van der Waals surface area (Å²) in [7, 11) is 0. The van der Waals surface area contributed by atoms with Gasteiger partial charge in [-0.2, -0.15) is 0 Å². The Bertz CT molecular complexity index is 811. The molecule has 1 aromatic carbocycles. The summed E-state index contributed by atoms with van der Waals surface area (Å²) in [4.78, 5) is 8.66. The average Bonchev–Trinajstić information content (AvgIpc) is 2.99. The number of thioether (sulfide) groups is 1. The van der Waals surface area contributed by atoms with E-state index >= 15 is 0 Å². The van der Waals surface area contributed by atoms with Gasteiger partial charge in [-0.05, 0) is 33.8 Å². The quantitative estimate of drug-likeness (QED) is 0.469. The fourth-order valence-corrected chi connectivity index (χ4v) is 2.88. The first-order chi connectivity index (χ1) is 10.7. The molecule has 0 bridgehead atoms. The highest BCUT2D eigenvalue weighted by Crippen LogP contribution is 2.31. The number of aromatic nitrogens is 4. The van der Waals surface area contributed by atoms with Crippen molar-refractivity contribution in [1.29, 1.82) is 0 Å². The van der Waals surface area contributed by atoms with Crippen LogP contribution in [0.2, 0.25) is 5.02 Å². The molecule has 0 aliphatic heterocycles. The summed E-state index contributed by atoms with van der Waals surface area (Å²) in [6.07, 6.45) is 1.68. The zero-order valence-corrected chi connectivity index (χ0v) is 14.6. The number of hydrogen-bond acceptors (Lipinski definition) is 6. The van der Waals surface area contributed by atoms with Crippen molar-refractivity contribution in [3.05, 3.63) is 40.0 Å². The molecule has 0 aliphatic rings. The molecular weight excluding hydrogens is 388 g/mol. The van der Waals surface area contributed by atoms with Gasteiger partial charge in [-0.3, -0.25) is 0 Å². The monoisotopic (exact) mass is 396 g/mol. The Hall–Kier alpha value is -1.44. The maximum atomic E-state index is 6.15. The van der Waals surface area contributed by atoms with Gasteiger partial charge in [0.25, 0.3) is 5.89 Å². The molecule has 0 fully saturated rings. The molecule has 8 heteroatoms. The molecule has 0 saturated heterocycles. The second kappa shape index (κ2) is 6.76. The van der Waals surface area contributed by atoms with E-state index in [4.69, 9.17) is 16.0 Å². The third-order valence-corrected chi connectivity index (χ3v) is 4.38. The van der Waals surface area contributed by atoms with Crippen molar-refractivity contribution in [2.45, 2.75) is 12.1 Å². The van der Waals surface area contributed by atoms with Crippen molar-refractivity contribution in [3.63, 3.8) is 0 Å². The van der Waals surface area contributed by atoms with E-state index in [9.17, 15) is 0 Å². The van der Waals surface area contributed by atoms with Crippen LogP contribution in [0.3, 0.4) is 0 Å².